The lowest BCUT2D eigenvalue weighted by atomic mass is 10.1. The number of methoxy groups -OCH3 is 1. The number of benzene rings is 3. The van der Waals surface area contributed by atoms with Crippen molar-refractivity contribution in [1.82, 2.24) is 4.57 Å². The topological polar surface area (TPSA) is 114 Å². The standard InChI is InChI=1S/C21H16N2O7/c1-28-17-6-4-14-8-13(2-3-15(14)9-17)12-29-20(24)11-22-18-7-5-16(23(26)27)10-19(18)30-21(22)25/h2-10H,11-12H2,1H3. The third kappa shape index (κ3) is 3.72. The molecule has 3 aromatic carbocycles. The quantitative estimate of drug-likeness (QED) is 0.273. The second-order valence-corrected chi connectivity index (χ2v) is 6.57. The Morgan fingerprint density at radius 2 is 1.87 bits per heavy atom. The predicted molar refractivity (Wildman–Crippen MR) is 107 cm³/mol. The summed E-state index contributed by atoms with van der Waals surface area (Å²) in [5.74, 6) is -0.667. The molecule has 0 aliphatic heterocycles. The van der Waals surface area contributed by atoms with Crippen LogP contribution < -0.4 is 10.5 Å². The minimum absolute atomic E-state index is 0.0342. The zero-order chi connectivity index (χ0) is 21.3. The molecule has 0 fully saturated rings. The third-order valence-corrected chi connectivity index (χ3v) is 4.66. The lowest BCUT2D eigenvalue weighted by Gasteiger charge is -2.07. The van der Waals surface area contributed by atoms with E-state index in [1.807, 2.05) is 36.4 Å². The largest absolute Gasteiger partial charge is 0.497 e. The number of nitro groups is 1. The summed E-state index contributed by atoms with van der Waals surface area (Å²) in [4.78, 5) is 34.5. The van der Waals surface area contributed by atoms with E-state index in [2.05, 4.69) is 0 Å². The highest BCUT2D eigenvalue weighted by Crippen LogP contribution is 2.23. The lowest BCUT2D eigenvalue weighted by molar-refractivity contribution is -0.384. The molecule has 9 heteroatoms. The minimum atomic E-state index is -0.790. The van der Waals surface area contributed by atoms with E-state index < -0.39 is 16.6 Å². The van der Waals surface area contributed by atoms with Crippen LogP contribution in [-0.4, -0.2) is 22.6 Å². The number of esters is 1. The first-order chi connectivity index (χ1) is 14.4. The molecule has 0 unspecified atom stereocenters. The number of oxazole rings is 1. The Hall–Kier alpha value is -4.14. The van der Waals surface area contributed by atoms with Crippen LogP contribution in [0.2, 0.25) is 0 Å². The van der Waals surface area contributed by atoms with Gasteiger partial charge in [-0.25, -0.2) is 4.79 Å². The van der Waals surface area contributed by atoms with Crippen LogP contribution in [0.3, 0.4) is 0 Å². The van der Waals surface area contributed by atoms with Crippen molar-refractivity contribution in [2.24, 2.45) is 0 Å². The van der Waals surface area contributed by atoms with E-state index in [0.29, 0.717) is 0 Å². The van der Waals surface area contributed by atoms with Gasteiger partial charge in [-0.1, -0.05) is 18.2 Å². The van der Waals surface area contributed by atoms with Gasteiger partial charge in [0, 0.05) is 6.07 Å². The Balaban J connectivity index is 1.47. The molecule has 0 aliphatic rings. The number of hydrogen-bond donors (Lipinski definition) is 0. The second kappa shape index (κ2) is 7.70. The van der Waals surface area contributed by atoms with Gasteiger partial charge >= 0.3 is 11.7 Å². The van der Waals surface area contributed by atoms with Crippen molar-refractivity contribution in [3.05, 3.63) is 80.8 Å². The molecule has 30 heavy (non-hydrogen) atoms. The summed E-state index contributed by atoms with van der Waals surface area (Å²) in [6, 6.07) is 15.1. The molecule has 0 saturated heterocycles. The molecule has 0 spiro atoms. The van der Waals surface area contributed by atoms with E-state index >= 15 is 0 Å². The van der Waals surface area contributed by atoms with Crippen LogP contribution in [-0.2, 0) is 22.7 Å². The SMILES string of the molecule is COc1ccc2cc(COC(=O)Cn3c(=O)oc4cc([N+](=O)[O-])ccc43)ccc2c1. The van der Waals surface area contributed by atoms with Gasteiger partial charge in [0.15, 0.2) is 5.58 Å². The monoisotopic (exact) mass is 408 g/mol. The number of carbonyl (C=O) groups excluding carboxylic acids is 1. The maximum atomic E-state index is 12.3. The van der Waals surface area contributed by atoms with Crippen LogP contribution in [0.5, 0.6) is 5.75 Å². The number of carbonyl (C=O) groups is 1. The third-order valence-electron chi connectivity index (χ3n) is 4.66. The summed E-state index contributed by atoms with van der Waals surface area (Å²) in [7, 11) is 1.60. The van der Waals surface area contributed by atoms with E-state index in [1.165, 1.54) is 12.1 Å². The molecular weight excluding hydrogens is 392 g/mol. The highest BCUT2D eigenvalue weighted by molar-refractivity contribution is 5.84. The molecular formula is C21H16N2O7. The fourth-order valence-electron chi connectivity index (χ4n) is 3.15. The number of ether oxygens (including phenoxy) is 2. The van der Waals surface area contributed by atoms with Crippen LogP contribution in [0, 0.1) is 10.1 Å². The van der Waals surface area contributed by atoms with Gasteiger partial charge in [-0.3, -0.25) is 19.5 Å². The van der Waals surface area contributed by atoms with Crippen molar-refractivity contribution in [3.8, 4) is 5.75 Å². The maximum Gasteiger partial charge on any atom is 0.420 e. The van der Waals surface area contributed by atoms with Crippen molar-refractivity contribution < 1.29 is 23.6 Å². The molecule has 0 saturated carbocycles. The zero-order valence-corrected chi connectivity index (χ0v) is 15.9. The summed E-state index contributed by atoms with van der Waals surface area (Å²) < 4.78 is 16.6. The number of aromatic nitrogens is 1. The average molecular weight is 408 g/mol. The summed E-state index contributed by atoms with van der Waals surface area (Å²) >= 11 is 0. The fraction of sp³-hybridized carbons (Fsp3) is 0.143. The minimum Gasteiger partial charge on any atom is -0.497 e. The summed E-state index contributed by atoms with van der Waals surface area (Å²) in [6.45, 7) is -0.328. The first kappa shape index (κ1) is 19.2. The Bertz CT molecular complexity index is 1340. The molecule has 4 aromatic rings. The molecule has 0 radical (unpaired) electrons. The fourth-order valence-corrected chi connectivity index (χ4v) is 3.15. The van der Waals surface area contributed by atoms with Gasteiger partial charge in [0.2, 0.25) is 0 Å². The van der Waals surface area contributed by atoms with Gasteiger partial charge in [0.25, 0.3) is 5.69 Å². The number of non-ortho nitro benzene ring substituents is 1. The van der Waals surface area contributed by atoms with E-state index in [1.54, 1.807) is 7.11 Å². The van der Waals surface area contributed by atoms with Gasteiger partial charge in [0.1, 0.15) is 18.9 Å². The number of hydrogen-bond acceptors (Lipinski definition) is 7. The summed E-state index contributed by atoms with van der Waals surface area (Å²) in [5.41, 5.74) is 0.898. The lowest BCUT2D eigenvalue weighted by Crippen LogP contribution is -2.21. The molecule has 0 atom stereocenters. The highest BCUT2D eigenvalue weighted by atomic mass is 16.6. The van der Waals surface area contributed by atoms with Crippen molar-refractivity contribution in [1.29, 1.82) is 0 Å². The van der Waals surface area contributed by atoms with Crippen LogP contribution in [0.25, 0.3) is 21.9 Å². The maximum absolute atomic E-state index is 12.3. The van der Waals surface area contributed by atoms with Gasteiger partial charge in [-0.15, -0.1) is 0 Å². The highest BCUT2D eigenvalue weighted by Gasteiger charge is 2.17. The van der Waals surface area contributed by atoms with Crippen molar-refractivity contribution in [3.63, 3.8) is 0 Å². The molecule has 152 valence electrons. The molecule has 1 heterocycles. The molecule has 0 N–H and O–H groups in total. The van der Waals surface area contributed by atoms with Gasteiger partial charge < -0.3 is 13.9 Å². The van der Waals surface area contributed by atoms with Crippen molar-refractivity contribution in [2.45, 2.75) is 13.2 Å². The zero-order valence-electron chi connectivity index (χ0n) is 15.9. The molecule has 9 nitrogen and oxygen atoms in total. The Kier molecular flexibility index (Phi) is 4.93. The first-order valence-electron chi connectivity index (χ1n) is 8.95. The van der Waals surface area contributed by atoms with Gasteiger partial charge in [-0.2, -0.15) is 0 Å². The van der Waals surface area contributed by atoms with Crippen LogP contribution in [0.1, 0.15) is 5.56 Å². The van der Waals surface area contributed by atoms with E-state index in [4.69, 9.17) is 13.9 Å². The van der Waals surface area contributed by atoms with Crippen molar-refractivity contribution in [2.75, 3.05) is 7.11 Å². The van der Waals surface area contributed by atoms with Crippen LogP contribution in [0.15, 0.2) is 63.8 Å². The van der Waals surface area contributed by atoms with Crippen LogP contribution >= 0.6 is 0 Å². The molecule has 4 rings (SSSR count). The molecule has 0 amide bonds. The summed E-state index contributed by atoms with van der Waals surface area (Å²) in [6.07, 6.45) is 0. The second-order valence-electron chi connectivity index (χ2n) is 6.57. The van der Waals surface area contributed by atoms with Gasteiger partial charge in [0.05, 0.1) is 23.6 Å². The smallest absolute Gasteiger partial charge is 0.420 e. The predicted octanol–water partition coefficient (Wildman–Crippen LogP) is 3.41. The van der Waals surface area contributed by atoms with E-state index in [-0.39, 0.29) is 29.9 Å². The Labute approximate surface area is 169 Å². The van der Waals surface area contributed by atoms with E-state index in [0.717, 1.165) is 32.7 Å². The number of nitro benzene ring substituents is 1. The number of rotatable bonds is 6. The number of fused-ring (bicyclic) bond motifs is 2. The Morgan fingerprint density at radius 3 is 2.63 bits per heavy atom. The molecule has 0 aliphatic carbocycles. The van der Waals surface area contributed by atoms with Crippen LogP contribution in [0.4, 0.5) is 5.69 Å². The average Bonchev–Trinajstić information content (AvgIpc) is 3.05. The first-order valence-corrected chi connectivity index (χ1v) is 8.95. The summed E-state index contributed by atoms with van der Waals surface area (Å²) in [5, 5.41) is 12.8. The molecule has 1 aromatic heterocycles. The molecule has 0 bridgehead atoms. The van der Waals surface area contributed by atoms with Crippen molar-refractivity contribution >= 4 is 33.5 Å². The number of nitrogens with zero attached hydrogens (tertiary/aromatic N) is 2. The van der Waals surface area contributed by atoms with E-state index in [9.17, 15) is 19.7 Å². The van der Waals surface area contributed by atoms with Gasteiger partial charge in [-0.05, 0) is 40.6 Å². The normalized spacial score (nSPS) is 11.0. The Morgan fingerprint density at radius 1 is 1.10 bits per heavy atom.